The average molecular weight is 1020 g/mol. The Balaban J connectivity index is 0. The molecule has 16 heteroatoms. The molecule has 0 fully saturated rings. The maximum absolute atomic E-state index is 10.1. The van der Waals surface area contributed by atoms with Crippen molar-refractivity contribution in [3.05, 3.63) is 241 Å². The molecule has 2 radical (unpaired) electrons. The van der Waals surface area contributed by atoms with E-state index >= 15 is 0 Å². The van der Waals surface area contributed by atoms with Crippen molar-refractivity contribution in [1.29, 1.82) is 0 Å². The normalized spacial score (nSPS) is 8.82. The van der Waals surface area contributed by atoms with Crippen molar-refractivity contribution in [3.63, 3.8) is 0 Å². The predicted molar refractivity (Wildman–Crippen MR) is 243 cm³/mol. The molecule has 68 heavy (non-hydrogen) atoms. The Labute approximate surface area is 416 Å². The number of nitrogens with zero attached hydrogens (tertiary/aromatic N) is 4. The first kappa shape index (κ1) is 62.4. The van der Waals surface area contributed by atoms with Crippen LogP contribution in [0.1, 0.15) is 22.3 Å². The number of pyridine rings is 4. The zero-order valence-electron chi connectivity index (χ0n) is 36.3. The van der Waals surface area contributed by atoms with Gasteiger partial charge in [0, 0.05) is 74.3 Å². The van der Waals surface area contributed by atoms with Crippen LogP contribution in [0.2, 0.25) is 0 Å². The van der Waals surface area contributed by atoms with Crippen molar-refractivity contribution in [2.45, 2.75) is 25.7 Å². The smallest absolute Gasteiger partial charge is 0.550 e. The van der Waals surface area contributed by atoms with Gasteiger partial charge >= 0.3 is 34.1 Å². The van der Waals surface area contributed by atoms with E-state index in [9.17, 15) is 39.6 Å². The van der Waals surface area contributed by atoms with E-state index in [1.165, 1.54) is 0 Å². The van der Waals surface area contributed by atoms with E-state index < -0.39 is 23.9 Å². The number of benzene rings is 4. The van der Waals surface area contributed by atoms with Gasteiger partial charge in [0.15, 0.2) is 0 Å². The minimum atomic E-state index is -1.04. The molecule has 4 N–H and O–H groups in total. The zero-order chi connectivity index (χ0) is 46.0. The number of carboxylic acids is 4. The molecule has 4 heterocycles. The summed E-state index contributed by atoms with van der Waals surface area (Å²) in [5.41, 5.74) is 6.78. The fourth-order valence-electron chi connectivity index (χ4n) is 5.11. The van der Waals surface area contributed by atoms with E-state index in [2.05, 4.69) is 19.9 Å². The van der Waals surface area contributed by atoms with E-state index in [0.29, 0.717) is 0 Å². The number of rotatable bonds is 10. The Hall–Kier alpha value is -7.68. The first-order valence-electron chi connectivity index (χ1n) is 19.7. The van der Waals surface area contributed by atoms with Gasteiger partial charge in [-0.05, 0) is 70.8 Å². The number of hydrogen-bond donors (Lipinski definition) is 0. The average Bonchev–Trinajstić information content (AvgIpc) is 3.32. The third-order valence-electron chi connectivity index (χ3n) is 7.95. The van der Waals surface area contributed by atoms with Crippen LogP contribution < -0.4 is 20.4 Å². The summed E-state index contributed by atoms with van der Waals surface area (Å²) in [6, 6.07) is 59.1. The standard InChI is InChI=1S/2C10H8N2.4C8H8O2.2Cu.2H2O/c2*1-3-7-11-9(5-1)10-6-2-4-8-12-10;4*9-8(10)6-7-4-2-1-3-5-7;;;;/h2*1-8H;4*1-5H,6H2,(H,9,10);;;2*1H2/q;;;;;;2*+2;;/p-4. The maximum Gasteiger partial charge on any atom is 2.00 e. The fraction of sp³-hybridized carbons (Fsp3) is 0.0769. The summed E-state index contributed by atoms with van der Waals surface area (Å²) in [5.74, 6) is -4.14. The van der Waals surface area contributed by atoms with E-state index in [4.69, 9.17) is 0 Å². The quantitative estimate of drug-likeness (QED) is 0.179. The van der Waals surface area contributed by atoms with Crippen LogP contribution in [0.15, 0.2) is 219 Å². The van der Waals surface area contributed by atoms with Crippen molar-refractivity contribution in [2.75, 3.05) is 0 Å². The number of carbonyl (C=O) groups is 4. The second-order valence-corrected chi connectivity index (χ2v) is 13.0. The number of aromatic nitrogens is 4. The van der Waals surface area contributed by atoms with Crippen LogP contribution in [-0.2, 0) is 79.0 Å². The summed E-state index contributed by atoms with van der Waals surface area (Å²) in [7, 11) is 0. The van der Waals surface area contributed by atoms with Crippen LogP contribution >= 0.6 is 0 Å². The van der Waals surface area contributed by atoms with Gasteiger partial charge in [-0.3, -0.25) is 19.9 Å². The van der Waals surface area contributed by atoms with Gasteiger partial charge in [0.1, 0.15) is 0 Å². The summed E-state index contributed by atoms with van der Waals surface area (Å²) in [6.45, 7) is 0. The van der Waals surface area contributed by atoms with Gasteiger partial charge in [0.2, 0.25) is 0 Å². The number of aliphatic carboxylic acids is 4. The van der Waals surface area contributed by atoms with Crippen LogP contribution in [0, 0.1) is 0 Å². The number of carboxylic acid groups (broad SMARTS) is 4. The third-order valence-corrected chi connectivity index (χ3v) is 7.95. The van der Waals surface area contributed by atoms with E-state index in [0.717, 1.165) is 45.0 Å². The molecular formula is C52H48Cu2N4O10. The first-order valence-corrected chi connectivity index (χ1v) is 19.7. The molecule has 0 unspecified atom stereocenters. The molecule has 0 bridgehead atoms. The molecule has 0 spiro atoms. The molecule has 8 rings (SSSR count). The molecule has 0 aliphatic heterocycles. The Morgan fingerprint density at radius 1 is 0.279 bits per heavy atom. The van der Waals surface area contributed by atoms with Gasteiger partial charge in [-0.1, -0.05) is 146 Å². The summed E-state index contributed by atoms with van der Waals surface area (Å²) in [6.07, 6.45) is 7.07. The molecule has 358 valence electrons. The zero-order valence-corrected chi connectivity index (χ0v) is 38.2. The second kappa shape index (κ2) is 38.6. The minimum Gasteiger partial charge on any atom is -0.550 e. The van der Waals surface area contributed by atoms with Crippen molar-refractivity contribution in [3.8, 4) is 22.8 Å². The summed E-state index contributed by atoms with van der Waals surface area (Å²) in [5, 5.41) is 40.2. The van der Waals surface area contributed by atoms with Gasteiger partial charge in [-0.15, -0.1) is 0 Å². The van der Waals surface area contributed by atoms with E-state index in [-0.39, 0.29) is 70.8 Å². The van der Waals surface area contributed by atoms with E-state index in [1.807, 2.05) is 97.1 Å². The van der Waals surface area contributed by atoms with Crippen molar-refractivity contribution in [1.82, 2.24) is 19.9 Å². The van der Waals surface area contributed by atoms with Crippen LogP contribution in [0.3, 0.4) is 0 Å². The molecule has 4 aromatic carbocycles. The molecule has 0 aliphatic carbocycles. The molecule has 0 atom stereocenters. The van der Waals surface area contributed by atoms with E-state index in [1.54, 1.807) is 122 Å². The van der Waals surface area contributed by atoms with Crippen LogP contribution in [0.25, 0.3) is 22.8 Å². The van der Waals surface area contributed by atoms with Gasteiger partial charge in [-0.2, -0.15) is 0 Å². The Morgan fingerprint density at radius 3 is 0.574 bits per heavy atom. The van der Waals surface area contributed by atoms with Gasteiger partial charge in [0.05, 0.1) is 22.8 Å². The Kier molecular flexibility index (Phi) is 35.4. The van der Waals surface area contributed by atoms with Crippen molar-refractivity contribution < 1.29 is 84.7 Å². The summed E-state index contributed by atoms with van der Waals surface area (Å²) in [4.78, 5) is 57.0. The molecular weight excluding hydrogens is 968 g/mol. The molecule has 8 aromatic rings. The largest absolute Gasteiger partial charge is 2.00 e. The first-order chi connectivity index (χ1) is 31.1. The van der Waals surface area contributed by atoms with Gasteiger partial charge < -0.3 is 50.6 Å². The minimum absolute atomic E-state index is 0. The Morgan fingerprint density at radius 2 is 0.441 bits per heavy atom. The monoisotopic (exact) mass is 1010 g/mol. The Bertz CT molecular complexity index is 2130. The van der Waals surface area contributed by atoms with Gasteiger partial charge in [0.25, 0.3) is 0 Å². The molecule has 0 amide bonds. The summed E-state index contributed by atoms with van der Waals surface area (Å²) < 4.78 is 0. The van der Waals surface area contributed by atoms with Crippen molar-refractivity contribution >= 4 is 23.9 Å². The summed E-state index contributed by atoms with van der Waals surface area (Å²) >= 11 is 0. The number of hydrogen-bond acceptors (Lipinski definition) is 12. The third kappa shape index (κ3) is 29.7. The molecule has 0 saturated carbocycles. The molecule has 14 nitrogen and oxygen atoms in total. The molecule has 4 aromatic heterocycles. The second-order valence-electron chi connectivity index (χ2n) is 13.0. The molecule has 0 saturated heterocycles. The van der Waals surface area contributed by atoms with Gasteiger partial charge in [-0.25, -0.2) is 0 Å². The topological polar surface area (TPSA) is 275 Å². The fourth-order valence-corrected chi connectivity index (χ4v) is 5.11. The van der Waals surface area contributed by atoms with Crippen LogP contribution in [0.5, 0.6) is 0 Å². The van der Waals surface area contributed by atoms with Crippen LogP contribution in [-0.4, -0.2) is 54.8 Å². The predicted octanol–water partition coefficient (Wildman–Crippen LogP) is 2.55. The number of carbonyl (C=O) groups excluding carboxylic acids is 4. The maximum atomic E-state index is 10.1. The SMILES string of the molecule is O.O.O=C([O-])Cc1ccccc1.O=C([O-])Cc1ccccc1.O=C([O-])Cc1ccccc1.O=C([O-])Cc1ccccc1.[Cu+2].[Cu+2].c1ccc(-c2ccccn2)nc1.c1ccc(-c2ccccn2)nc1. The van der Waals surface area contributed by atoms with Crippen molar-refractivity contribution in [2.24, 2.45) is 0 Å². The van der Waals surface area contributed by atoms with Crippen LogP contribution in [0.4, 0.5) is 0 Å². The molecule has 0 aliphatic rings.